The molecule has 0 saturated carbocycles. The van der Waals surface area contributed by atoms with Gasteiger partial charge in [-0.15, -0.1) is 13.2 Å². The smallest absolute Gasteiger partial charge is 0.312 e. The zero-order chi connectivity index (χ0) is 14.5. The summed E-state index contributed by atoms with van der Waals surface area (Å²) in [5.74, 6) is 0.524. The highest BCUT2D eigenvalue weighted by atomic mass is 19.4. The Labute approximate surface area is 113 Å². The van der Waals surface area contributed by atoms with E-state index in [1.165, 1.54) is 0 Å². The van der Waals surface area contributed by atoms with Crippen LogP contribution < -0.4 is 5.32 Å². The van der Waals surface area contributed by atoms with Crippen LogP contribution in [0.1, 0.15) is 33.6 Å². The van der Waals surface area contributed by atoms with Gasteiger partial charge < -0.3 is 5.32 Å². The van der Waals surface area contributed by atoms with Gasteiger partial charge >= 0.3 is 6.36 Å². The van der Waals surface area contributed by atoms with Crippen LogP contribution in [-0.2, 0) is 4.74 Å². The average molecular weight is 282 g/mol. The topological polar surface area (TPSA) is 24.5 Å². The lowest BCUT2D eigenvalue weighted by Crippen LogP contribution is -2.44. The molecule has 114 valence electrons. The van der Waals surface area contributed by atoms with Gasteiger partial charge in [0.1, 0.15) is 0 Å². The van der Waals surface area contributed by atoms with Gasteiger partial charge in [0, 0.05) is 25.2 Å². The summed E-state index contributed by atoms with van der Waals surface area (Å²) in [5, 5.41) is 3.49. The number of nitrogens with one attached hydrogen (secondary N) is 1. The SMILES string of the molecule is CCC(C)C1CN(CCOC(F)(F)F)C(C)CCN1. The van der Waals surface area contributed by atoms with Crippen molar-refractivity contribution in [2.45, 2.75) is 52.1 Å². The zero-order valence-corrected chi connectivity index (χ0v) is 12.0. The molecule has 3 unspecified atom stereocenters. The van der Waals surface area contributed by atoms with Crippen molar-refractivity contribution in [2.75, 3.05) is 26.2 Å². The molecule has 1 fully saturated rings. The molecular weight excluding hydrogens is 257 g/mol. The van der Waals surface area contributed by atoms with E-state index in [9.17, 15) is 13.2 Å². The Hall–Kier alpha value is -0.330. The van der Waals surface area contributed by atoms with E-state index in [-0.39, 0.29) is 6.61 Å². The molecule has 0 aromatic rings. The van der Waals surface area contributed by atoms with Gasteiger partial charge in [-0.3, -0.25) is 9.64 Å². The van der Waals surface area contributed by atoms with E-state index in [1.807, 2.05) is 0 Å². The van der Waals surface area contributed by atoms with E-state index in [2.05, 4.69) is 35.7 Å². The summed E-state index contributed by atoms with van der Waals surface area (Å²) >= 11 is 0. The summed E-state index contributed by atoms with van der Waals surface area (Å²) < 4.78 is 39.9. The van der Waals surface area contributed by atoms with Crippen LogP contribution >= 0.6 is 0 Å². The number of hydrogen-bond acceptors (Lipinski definition) is 3. The second-order valence-electron chi connectivity index (χ2n) is 5.37. The molecule has 0 amide bonds. The summed E-state index contributed by atoms with van der Waals surface area (Å²) in [4.78, 5) is 2.10. The lowest BCUT2D eigenvalue weighted by molar-refractivity contribution is -0.325. The quantitative estimate of drug-likeness (QED) is 0.839. The van der Waals surface area contributed by atoms with Crippen LogP contribution in [0.3, 0.4) is 0 Å². The van der Waals surface area contributed by atoms with Gasteiger partial charge in [-0.1, -0.05) is 20.3 Å². The first kappa shape index (κ1) is 16.7. The molecule has 1 aliphatic rings. The van der Waals surface area contributed by atoms with Gasteiger partial charge in [0.05, 0.1) is 6.61 Å². The summed E-state index contributed by atoms with van der Waals surface area (Å²) in [6, 6.07) is 0.638. The van der Waals surface area contributed by atoms with Crippen molar-refractivity contribution < 1.29 is 17.9 Å². The van der Waals surface area contributed by atoms with Crippen LogP contribution in [0, 0.1) is 5.92 Å². The average Bonchev–Trinajstić information content (AvgIpc) is 2.50. The number of ether oxygens (including phenoxy) is 1. The maximum Gasteiger partial charge on any atom is 0.522 e. The predicted octanol–water partition coefficient (Wildman–Crippen LogP) is 2.62. The number of rotatable bonds is 5. The van der Waals surface area contributed by atoms with Crippen molar-refractivity contribution in [1.29, 1.82) is 0 Å². The lowest BCUT2D eigenvalue weighted by atomic mass is 9.99. The molecule has 0 radical (unpaired) electrons. The Morgan fingerprint density at radius 3 is 2.68 bits per heavy atom. The van der Waals surface area contributed by atoms with E-state index < -0.39 is 6.36 Å². The molecular formula is C13H25F3N2O. The third-order valence-electron chi connectivity index (χ3n) is 4.00. The van der Waals surface area contributed by atoms with Crippen LogP contribution in [0.15, 0.2) is 0 Å². The molecule has 0 bridgehead atoms. The number of nitrogens with zero attached hydrogens (tertiary/aromatic N) is 1. The van der Waals surface area contributed by atoms with E-state index in [4.69, 9.17) is 0 Å². The van der Waals surface area contributed by atoms with Crippen LogP contribution in [0.2, 0.25) is 0 Å². The highest BCUT2D eigenvalue weighted by Gasteiger charge is 2.30. The van der Waals surface area contributed by atoms with Crippen LogP contribution in [0.5, 0.6) is 0 Å². The van der Waals surface area contributed by atoms with Gasteiger partial charge in [0.2, 0.25) is 0 Å². The number of halogens is 3. The molecule has 1 heterocycles. The number of alkyl halides is 3. The number of hydrogen-bond donors (Lipinski definition) is 1. The molecule has 1 saturated heterocycles. The fourth-order valence-electron chi connectivity index (χ4n) is 2.41. The van der Waals surface area contributed by atoms with Gasteiger partial charge in [-0.2, -0.15) is 0 Å². The molecule has 19 heavy (non-hydrogen) atoms. The van der Waals surface area contributed by atoms with E-state index in [0.29, 0.717) is 24.5 Å². The Morgan fingerprint density at radius 1 is 1.42 bits per heavy atom. The minimum absolute atomic E-state index is 0.290. The third-order valence-corrected chi connectivity index (χ3v) is 4.00. The second kappa shape index (κ2) is 7.45. The zero-order valence-electron chi connectivity index (χ0n) is 12.0. The molecule has 0 aromatic carbocycles. The maximum atomic E-state index is 12.0. The first-order chi connectivity index (χ1) is 8.83. The van der Waals surface area contributed by atoms with E-state index in [0.717, 1.165) is 25.9 Å². The summed E-state index contributed by atoms with van der Waals surface area (Å²) in [5.41, 5.74) is 0. The Bertz CT molecular complexity index is 261. The van der Waals surface area contributed by atoms with Crippen molar-refractivity contribution in [3.05, 3.63) is 0 Å². The predicted molar refractivity (Wildman–Crippen MR) is 68.9 cm³/mol. The van der Waals surface area contributed by atoms with Gasteiger partial charge in [0.25, 0.3) is 0 Å². The van der Waals surface area contributed by atoms with E-state index in [1.54, 1.807) is 0 Å². The molecule has 0 aliphatic carbocycles. The molecule has 1 rings (SSSR count). The highest BCUT2D eigenvalue weighted by molar-refractivity contribution is 4.83. The van der Waals surface area contributed by atoms with Crippen molar-refractivity contribution in [2.24, 2.45) is 5.92 Å². The minimum atomic E-state index is -4.52. The Morgan fingerprint density at radius 2 is 2.11 bits per heavy atom. The molecule has 6 heteroatoms. The first-order valence-corrected chi connectivity index (χ1v) is 7.01. The second-order valence-corrected chi connectivity index (χ2v) is 5.37. The molecule has 0 spiro atoms. The van der Waals surface area contributed by atoms with Gasteiger partial charge in [0.15, 0.2) is 0 Å². The maximum absolute atomic E-state index is 12.0. The largest absolute Gasteiger partial charge is 0.522 e. The van der Waals surface area contributed by atoms with Crippen molar-refractivity contribution in [3.63, 3.8) is 0 Å². The van der Waals surface area contributed by atoms with Gasteiger partial charge in [-0.25, -0.2) is 0 Å². The third kappa shape index (κ3) is 6.10. The molecule has 1 N–H and O–H groups in total. The normalized spacial score (nSPS) is 28.1. The molecule has 0 aromatic heterocycles. The lowest BCUT2D eigenvalue weighted by Gasteiger charge is -2.31. The fourth-order valence-corrected chi connectivity index (χ4v) is 2.41. The first-order valence-electron chi connectivity index (χ1n) is 7.01. The van der Waals surface area contributed by atoms with Crippen LogP contribution in [0.4, 0.5) is 13.2 Å². The van der Waals surface area contributed by atoms with Crippen LogP contribution in [-0.4, -0.2) is 49.6 Å². The van der Waals surface area contributed by atoms with Crippen molar-refractivity contribution in [3.8, 4) is 0 Å². The highest BCUT2D eigenvalue weighted by Crippen LogP contribution is 2.18. The summed E-state index contributed by atoms with van der Waals surface area (Å²) in [7, 11) is 0. The molecule has 3 atom stereocenters. The molecule has 3 nitrogen and oxygen atoms in total. The van der Waals surface area contributed by atoms with Crippen molar-refractivity contribution in [1.82, 2.24) is 10.2 Å². The van der Waals surface area contributed by atoms with Gasteiger partial charge in [-0.05, 0) is 25.8 Å². The fraction of sp³-hybridized carbons (Fsp3) is 1.00. The van der Waals surface area contributed by atoms with Crippen LogP contribution in [0.25, 0.3) is 0 Å². The standard InChI is InChI=1S/C13H25F3N2O/c1-4-10(2)12-9-18(11(3)5-6-17-12)7-8-19-13(14,15)16/h10-12,17H,4-9H2,1-3H3. The van der Waals surface area contributed by atoms with E-state index >= 15 is 0 Å². The summed E-state index contributed by atoms with van der Waals surface area (Å²) in [6.45, 7) is 8.13. The Balaban J connectivity index is 2.48. The monoisotopic (exact) mass is 282 g/mol. The minimum Gasteiger partial charge on any atom is -0.312 e. The van der Waals surface area contributed by atoms with Crippen molar-refractivity contribution >= 4 is 0 Å². The Kier molecular flexibility index (Phi) is 6.56. The molecule has 1 aliphatic heterocycles. The summed E-state index contributed by atoms with van der Waals surface area (Å²) in [6.07, 6.45) is -2.50.